The van der Waals surface area contributed by atoms with Gasteiger partial charge >= 0.3 is 0 Å². The molecule has 4 heterocycles. The van der Waals surface area contributed by atoms with Crippen molar-refractivity contribution in [3.8, 4) is 39.9 Å². The molecule has 0 saturated heterocycles. The lowest BCUT2D eigenvalue weighted by molar-refractivity contribution is 0.670. The number of rotatable bonds is 4. The topological polar surface area (TPSA) is 56.7 Å². The molecule has 0 spiro atoms. The van der Waals surface area contributed by atoms with E-state index in [9.17, 15) is 0 Å². The summed E-state index contributed by atoms with van der Waals surface area (Å²) in [5, 5.41) is 14.1. The number of nitrogens with zero attached hydrogens (tertiary/aromatic N) is 4. The van der Waals surface area contributed by atoms with Gasteiger partial charge in [-0.15, -0.1) is 11.3 Å². The standard InChI is InChI=1S/C57H32N4OS/c1-2-12-34(13-3-1)55-58-56(60-57(59-55)44-22-10-19-41-40-18-8-9-23-51(40)63-54(41)44)43-21-11-20-42-52-45-32-39(26-24-33(45)25-27-50(52)62-53(42)43)61-48-30-37-16-6-4-14-35(37)28-46(48)47-29-36-15-5-7-17-38(36)31-49(47)61/h1-32H. The van der Waals surface area contributed by atoms with Crippen LogP contribution in [-0.4, -0.2) is 19.5 Å². The van der Waals surface area contributed by atoms with Crippen LogP contribution >= 0.6 is 11.3 Å². The van der Waals surface area contributed by atoms with Gasteiger partial charge in [-0.05, 0) is 93.0 Å². The van der Waals surface area contributed by atoms with Crippen molar-refractivity contribution in [1.29, 1.82) is 0 Å². The zero-order chi connectivity index (χ0) is 41.2. The summed E-state index contributed by atoms with van der Waals surface area (Å²) in [6, 6.07) is 69.2. The Morgan fingerprint density at radius 3 is 1.73 bits per heavy atom. The van der Waals surface area contributed by atoms with Crippen LogP contribution in [-0.2, 0) is 0 Å². The average Bonchev–Trinajstić information content (AvgIpc) is 4.02. The van der Waals surface area contributed by atoms with Crippen molar-refractivity contribution in [3.05, 3.63) is 194 Å². The number of thiophene rings is 1. The lowest BCUT2D eigenvalue weighted by Gasteiger charge is -2.11. The molecule has 14 rings (SSSR count). The fourth-order valence-electron chi connectivity index (χ4n) is 9.84. The Hall–Kier alpha value is -8.19. The molecule has 292 valence electrons. The van der Waals surface area contributed by atoms with E-state index in [1.807, 2.05) is 18.2 Å². The van der Waals surface area contributed by atoms with Crippen LogP contribution in [0.1, 0.15) is 0 Å². The fourth-order valence-corrected chi connectivity index (χ4v) is 11.1. The lowest BCUT2D eigenvalue weighted by atomic mass is 10.0. The van der Waals surface area contributed by atoms with Gasteiger partial charge in [-0.3, -0.25) is 0 Å². The van der Waals surface area contributed by atoms with Crippen LogP contribution in [0.5, 0.6) is 0 Å². The molecule has 5 nitrogen and oxygen atoms in total. The number of benzene rings is 10. The van der Waals surface area contributed by atoms with E-state index in [-0.39, 0.29) is 0 Å². The molecule has 0 bridgehead atoms. The maximum absolute atomic E-state index is 6.91. The Kier molecular flexibility index (Phi) is 7.21. The highest BCUT2D eigenvalue weighted by atomic mass is 32.1. The zero-order valence-corrected chi connectivity index (χ0v) is 34.4. The van der Waals surface area contributed by atoms with Crippen molar-refractivity contribution < 1.29 is 4.42 Å². The van der Waals surface area contributed by atoms with Gasteiger partial charge in [0.15, 0.2) is 17.5 Å². The maximum atomic E-state index is 6.91. The van der Waals surface area contributed by atoms with E-state index in [0.29, 0.717) is 17.5 Å². The van der Waals surface area contributed by atoms with Gasteiger partial charge in [-0.2, -0.15) is 0 Å². The molecule has 4 aromatic heterocycles. The largest absolute Gasteiger partial charge is 0.455 e. The summed E-state index contributed by atoms with van der Waals surface area (Å²) >= 11 is 1.77. The van der Waals surface area contributed by atoms with Crippen molar-refractivity contribution in [2.75, 3.05) is 0 Å². The van der Waals surface area contributed by atoms with Gasteiger partial charge in [0.25, 0.3) is 0 Å². The van der Waals surface area contributed by atoms with Crippen LogP contribution in [0.25, 0.3) is 136 Å². The average molecular weight is 821 g/mol. The molecule has 0 radical (unpaired) electrons. The van der Waals surface area contributed by atoms with Gasteiger partial charge in [-0.1, -0.05) is 133 Å². The quantitative estimate of drug-likeness (QED) is 0.177. The second-order valence-electron chi connectivity index (χ2n) is 16.3. The molecular formula is C57H32N4OS. The molecule has 0 saturated carbocycles. The predicted molar refractivity (Wildman–Crippen MR) is 263 cm³/mol. The zero-order valence-electron chi connectivity index (χ0n) is 33.6. The minimum absolute atomic E-state index is 0.566. The first-order valence-corrected chi connectivity index (χ1v) is 22.0. The highest BCUT2D eigenvalue weighted by Crippen LogP contribution is 2.43. The van der Waals surface area contributed by atoms with Crippen molar-refractivity contribution in [1.82, 2.24) is 19.5 Å². The third-order valence-corrected chi connectivity index (χ3v) is 14.0. The molecule has 63 heavy (non-hydrogen) atoms. The van der Waals surface area contributed by atoms with Gasteiger partial charge in [0.2, 0.25) is 0 Å². The van der Waals surface area contributed by atoms with Gasteiger partial charge in [0.05, 0.1) is 16.6 Å². The second kappa shape index (κ2) is 13.2. The summed E-state index contributed by atoms with van der Waals surface area (Å²) < 4.78 is 11.7. The minimum Gasteiger partial charge on any atom is -0.455 e. The molecule has 14 aromatic rings. The number of hydrogen-bond donors (Lipinski definition) is 0. The first-order valence-electron chi connectivity index (χ1n) is 21.2. The van der Waals surface area contributed by atoms with Gasteiger partial charge in [0, 0.05) is 58.5 Å². The van der Waals surface area contributed by atoms with E-state index >= 15 is 0 Å². The molecule has 6 heteroatoms. The number of hydrogen-bond acceptors (Lipinski definition) is 5. The third-order valence-electron chi connectivity index (χ3n) is 12.8. The van der Waals surface area contributed by atoms with E-state index in [1.54, 1.807) is 11.3 Å². The summed E-state index contributed by atoms with van der Waals surface area (Å²) in [6.45, 7) is 0. The molecule has 0 fully saturated rings. The van der Waals surface area contributed by atoms with Crippen LogP contribution in [0.3, 0.4) is 0 Å². The monoisotopic (exact) mass is 820 g/mol. The number of fused-ring (bicyclic) bond motifs is 13. The Morgan fingerprint density at radius 2 is 0.984 bits per heavy atom. The van der Waals surface area contributed by atoms with Crippen LogP contribution in [0.2, 0.25) is 0 Å². The van der Waals surface area contributed by atoms with E-state index in [2.05, 4.69) is 180 Å². The van der Waals surface area contributed by atoms with Gasteiger partial charge in [0.1, 0.15) is 11.2 Å². The smallest absolute Gasteiger partial charge is 0.167 e. The summed E-state index contributed by atoms with van der Waals surface area (Å²) in [5.41, 5.74) is 7.73. The summed E-state index contributed by atoms with van der Waals surface area (Å²) in [7, 11) is 0. The van der Waals surface area contributed by atoms with Crippen LogP contribution in [0.15, 0.2) is 199 Å². The molecular weight excluding hydrogens is 789 g/mol. The maximum Gasteiger partial charge on any atom is 0.167 e. The Morgan fingerprint density at radius 1 is 0.397 bits per heavy atom. The summed E-state index contributed by atoms with van der Waals surface area (Å²) in [6.07, 6.45) is 0. The molecule has 10 aromatic carbocycles. The Labute approximate surface area is 363 Å². The Bertz CT molecular complexity index is 4130. The SMILES string of the molecule is c1ccc(-c2nc(-c3cccc4c3oc3ccc5ccc(-n6c7cc8ccccc8cc7c7cc8ccccc8cc76)cc5c34)nc(-c3cccc4c3sc3ccccc34)n2)cc1. The van der Waals surface area contributed by atoms with E-state index in [4.69, 9.17) is 19.4 Å². The molecule has 0 atom stereocenters. The Balaban J connectivity index is 1.00. The molecule has 0 aliphatic rings. The highest BCUT2D eigenvalue weighted by Gasteiger charge is 2.22. The van der Waals surface area contributed by atoms with E-state index in [1.165, 1.54) is 58.8 Å². The fraction of sp³-hybridized carbons (Fsp3) is 0. The summed E-state index contributed by atoms with van der Waals surface area (Å²) in [5.74, 6) is 1.81. The third kappa shape index (κ3) is 5.19. The lowest BCUT2D eigenvalue weighted by Crippen LogP contribution is -2.00. The molecule has 0 aliphatic carbocycles. The van der Waals surface area contributed by atoms with Crippen molar-refractivity contribution in [3.63, 3.8) is 0 Å². The van der Waals surface area contributed by atoms with Crippen LogP contribution in [0.4, 0.5) is 0 Å². The van der Waals surface area contributed by atoms with E-state index in [0.717, 1.165) is 59.8 Å². The van der Waals surface area contributed by atoms with Crippen LogP contribution in [0, 0.1) is 0 Å². The number of furan rings is 1. The highest BCUT2D eigenvalue weighted by molar-refractivity contribution is 7.26. The first-order chi connectivity index (χ1) is 31.2. The van der Waals surface area contributed by atoms with Gasteiger partial charge < -0.3 is 8.98 Å². The molecule has 0 unspecified atom stereocenters. The predicted octanol–water partition coefficient (Wildman–Crippen LogP) is 15.7. The summed E-state index contributed by atoms with van der Waals surface area (Å²) in [4.78, 5) is 15.6. The molecule has 0 amide bonds. The van der Waals surface area contributed by atoms with Crippen molar-refractivity contribution in [2.45, 2.75) is 0 Å². The van der Waals surface area contributed by atoms with Crippen LogP contribution < -0.4 is 0 Å². The second-order valence-corrected chi connectivity index (χ2v) is 17.4. The number of aromatic nitrogens is 4. The van der Waals surface area contributed by atoms with E-state index < -0.39 is 0 Å². The minimum atomic E-state index is 0.566. The van der Waals surface area contributed by atoms with Gasteiger partial charge in [-0.25, -0.2) is 15.0 Å². The van der Waals surface area contributed by atoms with Crippen molar-refractivity contribution >= 4 is 108 Å². The van der Waals surface area contributed by atoms with Crippen molar-refractivity contribution in [2.24, 2.45) is 0 Å². The normalized spacial score (nSPS) is 12.1. The first kappa shape index (κ1) is 34.5. The molecule has 0 aliphatic heterocycles. The number of para-hydroxylation sites is 1. The molecule has 0 N–H and O–H groups in total.